The van der Waals surface area contributed by atoms with Crippen molar-refractivity contribution in [3.05, 3.63) is 65.0 Å². The number of para-hydroxylation sites is 1. The summed E-state index contributed by atoms with van der Waals surface area (Å²) in [7, 11) is 0. The molecule has 0 radical (unpaired) electrons. The molecule has 1 aliphatic rings. The van der Waals surface area contributed by atoms with E-state index >= 15 is 0 Å². The van der Waals surface area contributed by atoms with Gasteiger partial charge in [0.25, 0.3) is 5.91 Å². The third kappa shape index (κ3) is 3.88. The van der Waals surface area contributed by atoms with Crippen LogP contribution in [0.1, 0.15) is 33.9 Å². The highest BCUT2D eigenvalue weighted by Crippen LogP contribution is 2.35. The van der Waals surface area contributed by atoms with Gasteiger partial charge in [0.2, 0.25) is 0 Å². The van der Waals surface area contributed by atoms with Gasteiger partial charge in [0.15, 0.2) is 0 Å². The van der Waals surface area contributed by atoms with Crippen molar-refractivity contribution in [2.75, 3.05) is 6.61 Å². The highest BCUT2D eigenvalue weighted by Gasteiger charge is 2.26. The quantitative estimate of drug-likeness (QED) is 0.796. The van der Waals surface area contributed by atoms with Crippen LogP contribution in [0.4, 0.5) is 9.18 Å². The number of benzene rings is 2. The molecule has 0 aliphatic carbocycles. The fourth-order valence-corrected chi connectivity index (χ4v) is 2.83. The summed E-state index contributed by atoms with van der Waals surface area (Å²) in [6.07, 6.45) is -0.632. The number of hydrogen-bond donors (Lipinski definition) is 3. The van der Waals surface area contributed by atoms with Gasteiger partial charge in [0.05, 0.1) is 18.2 Å². The second-order valence-corrected chi connectivity index (χ2v) is 5.68. The minimum Gasteiger partial charge on any atom is -0.492 e. The molecular weight excluding hydrogens is 327 g/mol. The Morgan fingerprint density at radius 2 is 2.04 bits per heavy atom. The zero-order chi connectivity index (χ0) is 17.8. The van der Waals surface area contributed by atoms with Crippen molar-refractivity contribution in [2.24, 2.45) is 0 Å². The first-order valence-electron chi connectivity index (χ1n) is 7.82. The van der Waals surface area contributed by atoms with Gasteiger partial charge in [-0.25, -0.2) is 9.18 Å². The van der Waals surface area contributed by atoms with E-state index in [0.29, 0.717) is 35.5 Å². The number of rotatable bonds is 4. The molecule has 1 heterocycles. The minimum atomic E-state index is -1.13. The summed E-state index contributed by atoms with van der Waals surface area (Å²) in [5.41, 5.74) is 1.60. The molecular formula is C18H17FN2O4. The Morgan fingerprint density at radius 1 is 1.24 bits per heavy atom. The summed E-state index contributed by atoms with van der Waals surface area (Å²) in [6.45, 7) is 0.489. The maximum atomic E-state index is 13.2. The van der Waals surface area contributed by atoms with Crippen LogP contribution in [0.5, 0.6) is 5.75 Å². The van der Waals surface area contributed by atoms with Gasteiger partial charge in [0.1, 0.15) is 11.6 Å². The second-order valence-electron chi connectivity index (χ2n) is 5.68. The van der Waals surface area contributed by atoms with Crippen LogP contribution in [0.3, 0.4) is 0 Å². The normalized spacial score (nSPS) is 15.6. The molecule has 0 aromatic heterocycles. The van der Waals surface area contributed by atoms with Gasteiger partial charge >= 0.3 is 6.09 Å². The van der Waals surface area contributed by atoms with E-state index < -0.39 is 12.1 Å². The molecule has 1 atom stereocenters. The predicted molar refractivity (Wildman–Crippen MR) is 88.0 cm³/mol. The largest absolute Gasteiger partial charge is 0.492 e. The van der Waals surface area contributed by atoms with Crippen LogP contribution in [0, 0.1) is 5.82 Å². The Kier molecular flexibility index (Phi) is 4.83. The third-order valence-electron chi connectivity index (χ3n) is 3.96. The zero-order valence-electron chi connectivity index (χ0n) is 13.3. The molecule has 3 N–H and O–H groups in total. The van der Waals surface area contributed by atoms with E-state index in [4.69, 9.17) is 9.84 Å². The Morgan fingerprint density at radius 3 is 2.80 bits per heavy atom. The molecule has 0 spiro atoms. The molecule has 130 valence electrons. The minimum absolute atomic E-state index is 0.178. The Bertz CT molecular complexity index is 809. The highest BCUT2D eigenvalue weighted by atomic mass is 19.1. The van der Waals surface area contributed by atoms with Crippen molar-refractivity contribution in [2.45, 2.75) is 19.0 Å². The second kappa shape index (κ2) is 7.21. The number of hydrogen-bond acceptors (Lipinski definition) is 3. The molecule has 2 aromatic carbocycles. The van der Waals surface area contributed by atoms with Crippen molar-refractivity contribution >= 4 is 12.0 Å². The SMILES string of the molecule is O=C(O)NC1CCOc2c(C(=O)NCc3cccc(F)c3)cccc21. The topological polar surface area (TPSA) is 87.7 Å². The first-order chi connectivity index (χ1) is 12.0. The molecule has 0 bridgehead atoms. The van der Waals surface area contributed by atoms with Crippen LogP contribution < -0.4 is 15.4 Å². The van der Waals surface area contributed by atoms with Gasteiger partial charge in [-0.05, 0) is 23.8 Å². The van der Waals surface area contributed by atoms with E-state index in [2.05, 4.69) is 10.6 Å². The fourth-order valence-electron chi connectivity index (χ4n) is 2.83. The maximum absolute atomic E-state index is 13.2. The van der Waals surface area contributed by atoms with Crippen molar-refractivity contribution in [1.82, 2.24) is 10.6 Å². The van der Waals surface area contributed by atoms with Crippen LogP contribution in [-0.2, 0) is 6.54 Å². The van der Waals surface area contributed by atoms with Gasteiger partial charge in [-0.1, -0.05) is 24.3 Å². The van der Waals surface area contributed by atoms with Crippen molar-refractivity contribution in [3.8, 4) is 5.75 Å². The van der Waals surface area contributed by atoms with Gasteiger partial charge in [0, 0.05) is 18.5 Å². The summed E-state index contributed by atoms with van der Waals surface area (Å²) in [4.78, 5) is 23.4. The molecule has 1 unspecified atom stereocenters. The average molecular weight is 344 g/mol. The van der Waals surface area contributed by atoms with Gasteiger partial charge in [-0.2, -0.15) is 0 Å². The van der Waals surface area contributed by atoms with Crippen LogP contribution in [-0.4, -0.2) is 23.7 Å². The first kappa shape index (κ1) is 16.8. The summed E-state index contributed by atoms with van der Waals surface area (Å²) < 4.78 is 18.8. The van der Waals surface area contributed by atoms with Crippen LogP contribution >= 0.6 is 0 Å². The lowest BCUT2D eigenvalue weighted by molar-refractivity contribution is 0.0945. The Hall–Kier alpha value is -3.09. The number of nitrogens with one attached hydrogen (secondary N) is 2. The van der Waals surface area contributed by atoms with Crippen LogP contribution in [0.25, 0.3) is 0 Å². The number of carbonyl (C=O) groups is 2. The summed E-state index contributed by atoms with van der Waals surface area (Å²) in [5, 5.41) is 14.1. The maximum Gasteiger partial charge on any atom is 0.405 e. The molecule has 0 fully saturated rings. The molecule has 7 heteroatoms. The molecule has 0 saturated carbocycles. The lowest BCUT2D eigenvalue weighted by atomic mass is 9.97. The van der Waals surface area contributed by atoms with Crippen LogP contribution in [0.15, 0.2) is 42.5 Å². The van der Waals surface area contributed by atoms with E-state index in [1.54, 1.807) is 30.3 Å². The smallest absolute Gasteiger partial charge is 0.405 e. The van der Waals surface area contributed by atoms with Crippen molar-refractivity contribution in [3.63, 3.8) is 0 Å². The number of carbonyl (C=O) groups excluding carboxylic acids is 1. The lowest BCUT2D eigenvalue weighted by Gasteiger charge is -2.27. The summed E-state index contributed by atoms with van der Waals surface area (Å²) in [6, 6.07) is 10.6. The molecule has 1 aliphatic heterocycles. The van der Waals surface area contributed by atoms with Crippen LogP contribution in [0.2, 0.25) is 0 Å². The third-order valence-corrected chi connectivity index (χ3v) is 3.96. The standard InChI is InChI=1S/C18H17FN2O4/c19-12-4-1-3-11(9-12)10-20-17(22)14-6-2-5-13-15(21-18(23)24)7-8-25-16(13)14/h1-6,9,15,21H,7-8,10H2,(H,20,22)(H,23,24). The number of ether oxygens (including phenoxy) is 1. The lowest BCUT2D eigenvalue weighted by Crippen LogP contribution is -2.32. The first-order valence-corrected chi connectivity index (χ1v) is 7.82. The average Bonchev–Trinajstić information content (AvgIpc) is 2.59. The van der Waals surface area contributed by atoms with Gasteiger partial charge in [-0.15, -0.1) is 0 Å². The molecule has 25 heavy (non-hydrogen) atoms. The summed E-state index contributed by atoms with van der Waals surface area (Å²) in [5.74, 6) is -0.351. The molecule has 3 rings (SSSR count). The number of halogens is 1. The zero-order valence-corrected chi connectivity index (χ0v) is 13.3. The molecule has 6 nitrogen and oxygen atoms in total. The van der Waals surface area contributed by atoms with E-state index in [0.717, 1.165) is 0 Å². The van der Waals surface area contributed by atoms with E-state index in [-0.39, 0.29) is 18.3 Å². The van der Waals surface area contributed by atoms with Gasteiger partial charge in [-0.3, -0.25) is 4.79 Å². The monoisotopic (exact) mass is 344 g/mol. The molecule has 2 amide bonds. The molecule has 2 aromatic rings. The van der Waals surface area contributed by atoms with Crippen molar-refractivity contribution < 1.29 is 23.8 Å². The summed E-state index contributed by atoms with van der Waals surface area (Å²) >= 11 is 0. The van der Waals surface area contributed by atoms with Gasteiger partial charge < -0.3 is 20.5 Å². The van der Waals surface area contributed by atoms with E-state index in [1.807, 2.05) is 0 Å². The number of amides is 2. The predicted octanol–water partition coefficient (Wildman–Crippen LogP) is 2.85. The number of carboxylic acid groups (broad SMARTS) is 1. The fraction of sp³-hybridized carbons (Fsp3) is 0.222. The van der Waals surface area contributed by atoms with E-state index in [1.165, 1.54) is 12.1 Å². The molecule has 0 saturated heterocycles. The number of fused-ring (bicyclic) bond motifs is 1. The van der Waals surface area contributed by atoms with Crippen molar-refractivity contribution in [1.29, 1.82) is 0 Å². The Labute approximate surface area is 143 Å². The Balaban J connectivity index is 1.78. The highest BCUT2D eigenvalue weighted by molar-refractivity contribution is 5.97. The van der Waals surface area contributed by atoms with E-state index in [9.17, 15) is 14.0 Å².